The topological polar surface area (TPSA) is 68.5 Å². The van der Waals surface area contributed by atoms with Crippen molar-refractivity contribution in [2.24, 2.45) is 0 Å². The Morgan fingerprint density at radius 2 is 1.86 bits per heavy atom. The fraction of sp³-hybridized carbons (Fsp3) is 0.250. The van der Waals surface area contributed by atoms with Crippen LogP contribution in [-0.4, -0.2) is 34.2 Å². The molecule has 1 fully saturated rings. The van der Waals surface area contributed by atoms with Gasteiger partial charge in [-0.05, 0) is 55.3 Å². The van der Waals surface area contributed by atoms with Crippen molar-refractivity contribution < 1.29 is 13.9 Å². The molecule has 0 atom stereocenters. The van der Waals surface area contributed by atoms with Gasteiger partial charge in [-0.1, -0.05) is 23.2 Å². The first kappa shape index (κ1) is 18.8. The molecule has 1 aliphatic rings. The number of aromatic nitrogens is 2. The molecule has 8 heteroatoms. The summed E-state index contributed by atoms with van der Waals surface area (Å²) in [6.45, 7) is 0.222. The fourth-order valence-corrected chi connectivity index (χ4v) is 3.23. The lowest BCUT2D eigenvalue weighted by molar-refractivity contribution is 0.0711. The number of ether oxygens (including phenoxy) is 1. The van der Waals surface area contributed by atoms with Crippen molar-refractivity contribution in [3.05, 3.63) is 64.0 Å². The van der Waals surface area contributed by atoms with E-state index in [1.165, 1.54) is 7.11 Å². The molecule has 1 aliphatic carbocycles. The number of methoxy groups -OCH3 is 1. The van der Waals surface area contributed by atoms with E-state index in [1.54, 1.807) is 47.4 Å². The number of nitrogens with zero attached hydrogens (tertiary/aromatic N) is 3. The number of carbonyl (C=O) groups is 1. The molecule has 0 unspecified atom stereocenters. The molecular weight excluding hydrogens is 401 g/mol. The van der Waals surface area contributed by atoms with Crippen LogP contribution in [-0.2, 0) is 6.54 Å². The van der Waals surface area contributed by atoms with Crippen molar-refractivity contribution in [3.63, 3.8) is 0 Å². The van der Waals surface area contributed by atoms with Crippen molar-refractivity contribution in [3.8, 4) is 17.2 Å². The third kappa shape index (κ3) is 3.98. The van der Waals surface area contributed by atoms with Crippen molar-refractivity contribution in [1.29, 1.82) is 0 Å². The van der Waals surface area contributed by atoms with Crippen LogP contribution in [0.5, 0.6) is 5.75 Å². The highest BCUT2D eigenvalue weighted by molar-refractivity contribution is 6.31. The number of carbonyl (C=O) groups excluding carboxylic acids is 1. The summed E-state index contributed by atoms with van der Waals surface area (Å²) >= 11 is 12.0. The predicted octanol–water partition coefficient (Wildman–Crippen LogP) is 4.86. The van der Waals surface area contributed by atoms with Crippen LogP contribution in [0.15, 0.2) is 46.9 Å². The molecule has 1 amide bonds. The van der Waals surface area contributed by atoms with Crippen molar-refractivity contribution in [2.45, 2.75) is 25.4 Å². The number of benzene rings is 2. The Kier molecular flexibility index (Phi) is 5.24. The Hall–Kier alpha value is -2.57. The van der Waals surface area contributed by atoms with Gasteiger partial charge in [0.2, 0.25) is 11.8 Å². The van der Waals surface area contributed by atoms with E-state index in [0.717, 1.165) is 18.4 Å². The molecule has 1 saturated carbocycles. The minimum Gasteiger partial charge on any atom is -0.496 e. The molecule has 3 aromatic rings. The van der Waals surface area contributed by atoms with Gasteiger partial charge in [0.25, 0.3) is 5.91 Å². The van der Waals surface area contributed by atoms with Gasteiger partial charge in [0.1, 0.15) is 5.75 Å². The largest absolute Gasteiger partial charge is 0.496 e. The Balaban J connectivity index is 1.58. The lowest BCUT2D eigenvalue weighted by Crippen LogP contribution is -2.33. The maximum Gasteiger partial charge on any atom is 0.258 e. The summed E-state index contributed by atoms with van der Waals surface area (Å²) in [6.07, 6.45) is 1.87. The van der Waals surface area contributed by atoms with Gasteiger partial charge in [-0.3, -0.25) is 4.79 Å². The molecule has 1 heterocycles. The van der Waals surface area contributed by atoms with Crippen LogP contribution >= 0.6 is 23.2 Å². The lowest BCUT2D eigenvalue weighted by Gasteiger charge is -2.21. The van der Waals surface area contributed by atoms with Crippen LogP contribution in [0.25, 0.3) is 11.5 Å². The summed E-state index contributed by atoms with van der Waals surface area (Å²) in [7, 11) is 1.53. The molecule has 0 bridgehead atoms. The molecule has 2 aromatic carbocycles. The number of amides is 1. The van der Waals surface area contributed by atoms with Crippen molar-refractivity contribution in [1.82, 2.24) is 15.1 Å². The van der Waals surface area contributed by atoms with Crippen LogP contribution in [0.3, 0.4) is 0 Å². The van der Waals surface area contributed by atoms with Crippen LogP contribution in [0.4, 0.5) is 0 Å². The number of hydrogen-bond acceptors (Lipinski definition) is 5. The molecule has 0 N–H and O–H groups in total. The van der Waals surface area contributed by atoms with Gasteiger partial charge >= 0.3 is 0 Å². The van der Waals surface area contributed by atoms with Gasteiger partial charge < -0.3 is 14.1 Å². The van der Waals surface area contributed by atoms with Crippen LogP contribution in [0.2, 0.25) is 10.0 Å². The first-order chi connectivity index (χ1) is 13.5. The normalized spacial score (nSPS) is 13.4. The molecule has 6 nitrogen and oxygen atoms in total. The fourth-order valence-electron chi connectivity index (χ4n) is 2.93. The molecule has 0 saturated heterocycles. The van der Waals surface area contributed by atoms with E-state index in [1.807, 2.05) is 0 Å². The first-order valence-corrected chi connectivity index (χ1v) is 9.53. The average Bonchev–Trinajstić information content (AvgIpc) is 3.44. The lowest BCUT2D eigenvalue weighted by atomic mass is 10.1. The molecule has 144 valence electrons. The van der Waals surface area contributed by atoms with E-state index in [4.69, 9.17) is 32.4 Å². The zero-order chi connectivity index (χ0) is 19.7. The Morgan fingerprint density at radius 3 is 2.54 bits per heavy atom. The second-order valence-electron chi connectivity index (χ2n) is 6.52. The molecule has 0 spiro atoms. The van der Waals surface area contributed by atoms with Gasteiger partial charge in [0, 0.05) is 21.7 Å². The summed E-state index contributed by atoms with van der Waals surface area (Å²) in [4.78, 5) is 14.9. The average molecular weight is 418 g/mol. The van der Waals surface area contributed by atoms with Crippen molar-refractivity contribution in [2.75, 3.05) is 7.11 Å². The van der Waals surface area contributed by atoms with Gasteiger partial charge in [0.05, 0.1) is 19.2 Å². The van der Waals surface area contributed by atoms with Crippen molar-refractivity contribution >= 4 is 29.1 Å². The summed E-state index contributed by atoms with van der Waals surface area (Å²) in [5.74, 6) is 1.06. The van der Waals surface area contributed by atoms with Gasteiger partial charge in [0.15, 0.2) is 0 Å². The predicted molar refractivity (Wildman–Crippen MR) is 106 cm³/mol. The van der Waals surface area contributed by atoms with Gasteiger partial charge in [-0.15, -0.1) is 10.2 Å². The highest BCUT2D eigenvalue weighted by Gasteiger charge is 2.35. The summed E-state index contributed by atoms with van der Waals surface area (Å²) in [5, 5.41) is 9.29. The molecule has 0 radical (unpaired) electrons. The third-order valence-corrected chi connectivity index (χ3v) is 4.99. The first-order valence-electron chi connectivity index (χ1n) is 8.78. The second-order valence-corrected chi connectivity index (χ2v) is 7.39. The monoisotopic (exact) mass is 417 g/mol. The highest BCUT2D eigenvalue weighted by atomic mass is 35.5. The summed E-state index contributed by atoms with van der Waals surface area (Å²) in [6, 6.07) is 12.3. The third-order valence-electron chi connectivity index (χ3n) is 4.50. The van der Waals surface area contributed by atoms with Crippen LogP contribution < -0.4 is 4.74 Å². The summed E-state index contributed by atoms with van der Waals surface area (Å²) < 4.78 is 11.1. The van der Waals surface area contributed by atoms with E-state index in [9.17, 15) is 4.79 Å². The molecule has 1 aromatic heterocycles. The highest BCUT2D eigenvalue weighted by Crippen LogP contribution is 2.33. The van der Waals surface area contributed by atoms with E-state index in [0.29, 0.717) is 33.1 Å². The standard InChI is InChI=1S/C20H17Cl2N3O3/c1-27-17-9-6-14(22)10-16(17)20(26)25(15-7-8-15)11-18-23-24-19(28-18)12-2-4-13(21)5-3-12/h2-6,9-10,15H,7-8,11H2,1H3. The Bertz CT molecular complexity index is 1000. The maximum absolute atomic E-state index is 13.2. The number of hydrogen-bond donors (Lipinski definition) is 0. The number of halogens is 2. The minimum atomic E-state index is -0.173. The maximum atomic E-state index is 13.2. The zero-order valence-corrected chi connectivity index (χ0v) is 16.6. The minimum absolute atomic E-state index is 0.141. The van der Waals surface area contributed by atoms with E-state index in [-0.39, 0.29) is 18.5 Å². The number of rotatable bonds is 6. The van der Waals surface area contributed by atoms with Gasteiger partial charge in [-0.25, -0.2) is 0 Å². The van der Waals surface area contributed by atoms with Gasteiger partial charge in [-0.2, -0.15) is 0 Å². The van der Waals surface area contributed by atoms with E-state index in [2.05, 4.69) is 10.2 Å². The molecule has 28 heavy (non-hydrogen) atoms. The SMILES string of the molecule is COc1ccc(Cl)cc1C(=O)N(Cc1nnc(-c2ccc(Cl)cc2)o1)C1CC1. The molecular formula is C20H17Cl2N3O3. The zero-order valence-electron chi connectivity index (χ0n) is 15.1. The smallest absolute Gasteiger partial charge is 0.258 e. The van der Waals surface area contributed by atoms with E-state index >= 15 is 0 Å². The summed E-state index contributed by atoms with van der Waals surface area (Å²) in [5.41, 5.74) is 1.18. The molecule has 0 aliphatic heterocycles. The van der Waals surface area contributed by atoms with Crippen LogP contribution in [0.1, 0.15) is 29.1 Å². The van der Waals surface area contributed by atoms with Crippen LogP contribution in [0, 0.1) is 0 Å². The molecule has 4 rings (SSSR count). The Labute approximate surface area is 172 Å². The quantitative estimate of drug-likeness (QED) is 0.572. The second kappa shape index (κ2) is 7.81. The van der Waals surface area contributed by atoms with E-state index < -0.39 is 0 Å². The Morgan fingerprint density at radius 1 is 1.14 bits per heavy atom.